The zero-order valence-electron chi connectivity index (χ0n) is 13.9. The third-order valence-electron chi connectivity index (χ3n) is 4.05. The van der Waals surface area contributed by atoms with Crippen molar-refractivity contribution >= 4 is 17.7 Å². The minimum Gasteiger partial charge on any atom is -0.462 e. The topological polar surface area (TPSA) is 75.3 Å². The Morgan fingerprint density at radius 3 is 2.64 bits per heavy atom. The van der Waals surface area contributed by atoms with Crippen molar-refractivity contribution in [2.75, 3.05) is 31.2 Å². The Morgan fingerprint density at radius 2 is 1.96 bits per heavy atom. The minimum absolute atomic E-state index is 0.250. The van der Waals surface area contributed by atoms with Crippen molar-refractivity contribution in [3.05, 3.63) is 63.8 Å². The highest BCUT2D eigenvalue weighted by molar-refractivity contribution is 7.99. The Bertz CT molecular complexity index is 734. The molecule has 0 atom stereocenters. The number of H-pyrrole nitrogens is 1. The van der Waals surface area contributed by atoms with Crippen LogP contribution < -0.4 is 5.69 Å². The van der Waals surface area contributed by atoms with Crippen molar-refractivity contribution in [3.8, 4) is 0 Å². The van der Waals surface area contributed by atoms with Gasteiger partial charge in [0.05, 0.1) is 12.2 Å². The van der Waals surface area contributed by atoms with Crippen LogP contribution >= 0.6 is 11.8 Å². The Balaban J connectivity index is 1.46. The molecule has 1 aromatic carbocycles. The molecule has 25 heavy (non-hydrogen) atoms. The number of esters is 1. The Kier molecular flexibility index (Phi) is 6.25. The smallest absolute Gasteiger partial charge is 0.344 e. The number of nitrogens with zero attached hydrogens (tertiary/aromatic N) is 2. The van der Waals surface area contributed by atoms with Crippen molar-refractivity contribution in [2.24, 2.45) is 0 Å². The first-order valence-corrected chi connectivity index (χ1v) is 9.46. The Labute approximate surface area is 150 Å². The van der Waals surface area contributed by atoms with Gasteiger partial charge in [-0.3, -0.25) is 4.90 Å². The van der Waals surface area contributed by atoms with Crippen LogP contribution in [-0.4, -0.2) is 52.0 Å². The number of ether oxygens (including phenoxy) is 1. The molecule has 0 amide bonds. The maximum Gasteiger partial charge on any atom is 0.344 e. The van der Waals surface area contributed by atoms with Crippen molar-refractivity contribution in [1.29, 1.82) is 0 Å². The van der Waals surface area contributed by atoms with Crippen LogP contribution in [-0.2, 0) is 17.7 Å². The molecular weight excluding hydrogens is 338 g/mol. The van der Waals surface area contributed by atoms with Gasteiger partial charge in [-0.25, -0.2) is 14.6 Å². The van der Waals surface area contributed by atoms with E-state index in [1.54, 1.807) is 6.20 Å². The molecular formula is C18H21N3O3S. The van der Waals surface area contributed by atoms with E-state index in [9.17, 15) is 9.59 Å². The number of hydrogen-bond acceptors (Lipinski definition) is 6. The number of aromatic amines is 1. The molecule has 0 radical (unpaired) electrons. The molecule has 3 rings (SSSR count). The molecule has 1 aliphatic rings. The molecule has 0 unspecified atom stereocenters. The van der Waals surface area contributed by atoms with Gasteiger partial charge in [0.15, 0.2) is 0 Å². The van der Waals surface area contributed by atoms with Crippen LogP contribution in [0.1, 0.15) is 21.5 Å². The highest BCUT2D eigenvalue weighted by Gasteiger charge is 2.12. The van der Waals surface area contributed by atoms with Crippen LogP contribution in [0.3, 0.4) is 0 Å². The van der Waals surface area contributed by atoms with Crippen LogP contribution in [0.25, 0.3) is 0 Å². The van der Waals surface area contributed by atoms with E-state index in [1.165, 1.54) is 23.3 Å². The molecule has 2 aromatic rings. The molecule has 1 aliphatic heterocycles. The molecule has 1 fully saturated rings. The van der Waals surface area contributed by atoms with Crippen LogP contribution in [0.4, 0.5) is 0 Å². The second-order valence-corrected chi connectivity index (χ2v) is 7.12. The average Bonchev–Trinajstić information content (AvgIpc) is 2.65. The second kappa shape index (κ2) is 8.82. The summed E-state index contributed by atoms with van der Waals surface area (Å²) in [6, 6.07) is 7.62. The largest absolute Gasteiger partial charge is 0.462 e. The summed E-state index contributed by atoms with van der Waals surface area (Å²) in [4.78, 5) is 31.5. The first kappa shape index (κ1) is 17.7. The first-order valence-electron chi connectivity index (χ1n) is 8.30. The molecule has 1 aromatic heterocycles. The van der Waals surface area contributed by atoms with Crippen molar-refractivity contribution < 1.29 is 9.53 Å². The van der Waals surface area contributed by atoms with Gasteiger partial charge >= 0.3 is 11.7 Å². The summed E-state index contributed by atoms with van der Waals surface area (Å²) in [6.07, 6.45) is 3.58. The third kappa shape index (κ3) is 5.44. The summed E-state index contributed by atoms with van der Waals surface area (Å²) < 4.78 is 5.28. The standard InChI is InChI=1S/C18H21N3O3S/c22-17(24-8-5-15-11-19-18(23)20-12-15)16-3-1-14(2-4-16)13-21-6-9-25-10-7-21/h1-4,11-12H,5-10,13H2,(H,19,20,23). The molecule has 1 N–H and O–H groups in total. The van der Waals surface area contributed by atoms with Gasteiger partial charge in [0.2, 0.25) is 0 Å². The average molecular weight is 359 g/mol. The number of aromatic nitrogens is 2. The molecule has 0 aliphatic carbocycles. The molecule has 2 heterocycles. The van der Waals surface area contributed by atoms with E-state index in [1.807, 2.05) is 36.0 Å². The van der Waals surface area contributed by atoms with E-state index in [-0.39, 0.29) is 18.3 Å². The fourth-order valence-corrected chi connectivity index (χ4v) is 3.59. The van der Waals surface area contributed by atoms with Crippen molar-refractivity contribution in [2.45, 2.75) is 13.0 Å². The molecule has 0 saturated carbocycles. The zero-order valence-corrected chi connectivity index (χ0v) is 14.8. The maximum atomic E-state index is 12.1. The predicted molar refractivity (Wildman–Crippen MR) is 97.9 cm³/mol. The lowest BCUT2D eigenvalue weighted by Gasteiger charge is -2.26. The van der Waals surface area contributed by atoms with Gasteiger partial charge in [0, 0.05) is 50.0 Å². The van der Waals surface area contributed by atoms with Gasteiger partial charge < -0.3 is 9.72 Å². The van der Waals surface area contributed by atoms with Gasteiger partial charge in [0.1, 0.15) is 0 Å². The minimum atomic E-state index is -0.385. The van der Waals surface area contributed by atoms with E-state index in [0.717, 1.165) is 25.2 Å². The van der Waals surface area contributed by atoms with Gasteiger partial charge in [-0.2, -0.15) is 11.8 Å². The quantitative estimate of drug-likeness (QED) is 0.792. The molecule has 7 heteroatoms. The van der Waals surface area contributed by atoms with Crippen molar-refractivity contribution in [3.63, 3.8) is 0 Å². The predicted octanol–water partition coefficient (Wildman–Crippen LogP) is 1.72. The number of nitrogens with one attached hydrogen (secondary N) is 1. The molecule has 0 spiro atoms. The molecule has 1 saturated heterocycles. The number of rotatable bonds is 6. The van der Waals surface area contributed by atoms with Gasteiger partial charge in [-0.05, 0) is 23.3 Å². The SMILES string of the molecule is O=C(OCCc1cnc(=O)[nH]c1)c1ccc(CN2CCSCC2)cc1. The number of carbonyl (C=O) groups excluding carboxylic acids is 1. The molecule has 0 bridgehead atoms. The summed E-state index contributed by atoms with van der Waals surface area (Å²) >= 11 is 2.00. The lowest BCUT2D eigenvalue weighted by Crippen LogP contribution is -2.31. The summed E-state index contributed by atoms with van der Waals surface area (Å²) in [6.45, 7) is 3.41. The lowest BCUT2D eigenvalue weighted by molar-refractivity contribution is 0.0509. The van der Waals surface area contributed by atoms with E-state index in [2.05, 4.69) is 14.9 Å². The number of benzene rings is 1. The van der Waals surface area contributed by atoms with Gasteiger partial charge in [-0.15, -0.1) is 0 Å². The Morgan fingerprint density at radius 1 is 1.20 bits per heavy atom. The molecule has 6 nitrogen and oxygen atoms in total. The highest BCUT2D eigenvalue weighted by atomic mass is 32.2. The lowest BCUT2D eigenvalue weighted by atomic mass is 10.1. The fraction of sp³-hybridized carbons (Fsp3) is 0.389. The van der Waals surface area contributed by atoms with E-state index >= 15 is 0 Å². The molecule has 132 valence electrons. The zero-order chi connectivity index (χ0) is 17.5. The summed E-state index contributed by atoms with van der Waals surface area (Å²) in [5.74, 6) is 2.04. The van der Waals surface area contributed by atoms with Crippen LogP contribution in [0, 0.1) is 0 Å². The van der Waals surface area contributed by atoms with E-state index in [4.69, 9.17) is 4.74 Å². The van der Waals surface area contributed by atoms with E-state index in [0.29, 0.717) is 12.0 Å². The first-order chi connectivity index (χ1) is 12.2. The monoisotopic (exact) mass is 359 g/mol. The number of carbonyl (C=O) groups is 1. The maximum absolute atomic E-state index is 12.1. The van der Waals surface area contributed by atoms with Crippen molar-refractivity contribution in [1.82, 2.24) is 14.9 Å². The number of thioether (sulfide) groups is 1. The summed E-state index contributed by atoms with van der Waals surface area (Å²) in [5, 5.41) is 0. The summed E-state index contributed by atoms with van der Waals surface area (Å²) in [7, 11) is 0. The third-order valence-corrected chi connectivity index (χ3v) is 4.99. The van der Waals surface area contributed by atoms with Crippen LogP contribution in [0.15, 0.2) is 41.5 Å². The second-order valence-electron chi connectivity index (χ2n) is 5.90. The van der Waals surface area contributed by atoms with Gasteiger partial charge in [0.25, 0.3) is 0 Å². The highest BCUT2D eigenvalue weighted by Crippen LogP contribution is 2.14. The normalized spacial score (nSPS) is 15.0. The van der Waals surface area contributed by atoms with Gasteiger partial charge in [-0.1, -0.05) is 12.1 Å². The summed E-state index contributed by atoms with van der Waals surface area (Å²) in [5.41, 5.74) is 2.20. The number of hydrogen-bond donors (Lipinski definition) is 1. The van der Waals surface area contributed by atoms with E-state index < -0.39 is 0 Å². The van der Waals surface area contributed by atoms with Crippen LogP contribution in [0.5, 0.6) is 0 Å². The fourth-order valence-electron chi connectivity index (χ4n) is 2.62. The van der Waals surface area contributed by atoms with Crippen LogP contribution in [0.2, 0.25) is 0 Å². The Hall–Kier alpha value is -2.12.